The lowest BCUT2D eigenvalue weighted by Crippen LogP contribution is -1.93. The van der Waals surface area contributed by atoms with Crippen molar-refractivity contribution in [1.29, 1.82) is 0 Å². The average molecular weight is 268 g/mol. The number of hydrogen-bond acceptors (Lipinski definition) is 2. The number of para-hydroxylation sites is 1. The van der Waals surface area contributed by atoms with Gasteiger partial charge >= 0.3 is 5.97 Å². The van der Waals surface area contributed by atoms with Crippen LogP contribution < -0.4 is 4.74 Å². The van der Waals surface area contributed by atoms with Gasteiger partial charge in [-0.1, -0.05) is 43.3 Å². The normalized spacial score (nSPS) is 12.2. The third-order valence-electron chi connectivity index (χ3n) is 2.89. The number of carboxylic acid groups (broad SMARTS) is 1. The van der Waals surface area contributed by atoms with E-state index in [1.165, 1.54) is 0 Å². The Hall–Kier alpha value is -2.55. The van der Waals surface area contributed by atoms with E-state index in [1.807, 2.05) is 61.5 Å². The summed E-state index contributed by atoms with van der Waals surface area (Å²) in [7, 11) is 0. The number of ether oxygens (including phenoxy) is 1. The first-order valence-corrected chi connectivity index (χ1v) is 6.39. The molecule has 3 nitrogen and oxygen atoms in total. The fourth-order valence-corrected chi connectivity index (χ4v) is 1.82. The van der Waals surface area contributed by atoms with Gasteiger partial charge in [0, 0.05) is 6.08 Å². The summed E-state index contributed by atoms with van der Waals surface area (Å²) in [5.74, 6) is 0.599. The van der Waals surface area contributed by atoms with Crippen molar-refractivity contribution in [3.63, 3.8) is 0 Å². The Morgan fingerprint density at radius 3 is 2.50 bits per heavy atom. The zero-order chi connectivity index (χ0) is 14.4. The van der Waals surface area contributed by atoms with Gasteiger partial charge in [-0.15, -0.1) is 0 Å². The van der Waals surface area contributed by atoms with E-state index in [2.05, 4.69) is 0 Å². The van der Waals surface area contributed by atoms with Crippen LogP contribution in [0.3, 0.4) is 0 Å². The molecule has 102 valence electrons. The molecule has 0 bridgehead atoms. The standard InChI is InChI=1S/C17H16O3/c1-13(10-11-17(18)19)14-6-5-9-16(12-14)20-15-7-3-2-4-8-15/h2-13H,1H3,(H,18,19)/b11-10+. The van der Waals surface area contributed by atoms with Crippen molar-refractivity contribution in [2.24, 2.45) is 0 Å². The van der Waals surface area contributed by atoms with Crippen molar-refractivity contribution < 1.29 is 14.6 Å². The first-order chi connectivity index (χ1) is 9.65. The van der Waals surface area contributed by atoms with Gasteiger partial charge in [0.25, 0.3) is 0 Å². The predicted octanol–water partition coefficient (Wildman–Crippen LogP) is 4.22. The summed E-state index contributed by atoms with van der Waals surface area (Å²) in [6, 6.07) is 17.2. The Labute approximate surface area is 118 Å². The van der Waals surface area contributed by atoms with Crippen LogP contribution in [0.1, 0.15) is 18.4 Å². The molecule has 0 aromatic heterocycles. The van der Waals surface area contributed by atoms with E-state index in [1.54, 1.807) is 6.08 Å². The lowest BCUT2D eigenvalue weighted by molar-refractivity contribution is -0.131. The van der Waals surface area contributed by atoms with Gasteiger partial charge in [0.2, 0.25) is 0 Å². The number of hydrogen-bond donors (Lipinski definition) is 1. The molecule has 2 aromatic rings. The molecule has 2 aromatic carbocycles. The summed E-state index contributed by atoms with van der Waals surface area (Å²) in [6.07, 6.45) is 2.82. The largest absolute Gasteiger partial charge is 0.478 e. The number of aliphatic carboxylic acids is 1. The number of allylic oxidation sites excluding steroid dienone is 1. The zero-order valence-corrected chi connectivity index (χ0v) is 11.2. The van der Waals surface area contributed by atoms with Crippen LogP contribution >= 0.6 is 0 Å². The zero-order valence-electron chi connectivity index (χ0n) is 11.2. The van der Waals surface area contributed by atoms with Crippen molar-refractivity contribution in [3.05, 3.63) is 72.3 Å². The van der Waals surface area contributed by atoms with Gasteiger partial charge in [-0.25, -0.2) is 4.79 Å². The molecule has 0 spiro atoms. The Kier molecular flexibility index (Phi) is 4.56. The van der Waals surface area contributed by atoms with Crippen molar-refractivity contribution in [1.82, 2.24) is 0 Å². The number of carboxylic acids is 1. The molecule has 0 heterocycles. The maximum Gasteiger partial charge on any atom is 0.327 e. The Bertz CT molecular complexity index is 603. The minimum Gasteiger partial charge on any atom is -0.478 e. The minimum absolute atomic E-state index is 0.0189. The fraction of sp³-hybridized carbons (Fsp3) is 0.118. The first kappa shape index (κ1) is 13.9. The van der Waals surface area contributed by atoms with Gasteiger partial charge in [-0.2, -0.15) is 0 Å². The Morgan fingerprint density at radius 2 is 1.80 bits per heavy atom. The van der Waals surface area contributed by atoms with Crippen LogP contribution in [0, 0.1) is 0 Å². The van der Waals surface area contributed by atoms with Gasteiger partial charge in [-0.05, 0) is 35.7 Å². The van der Waals surface area contributed by atoms with Gasteiger partial charge in [0.1, 0.15) is 11.5 Å². The summed E-state index contributed by atoms with van der Waals surface area (Å²) in [6.45, 7) is 1.95. The smallest absolute Gasteiger partial charge is 0.327 e. The second-order valence-corrected chi connectivity index (χ2v) is 4.47. The van der Waals surface area contributed by atoms with Crippen LogP contribution in [-0.4, -0.2) is 11.1 Å². The summed E-state index contributed by atoms with van der Waals surface area (Å²) >= 11 is 0. The predicted molar refractivity (Wildman–Crippen MR) is 78.1 cm³/mol. The minimum atomic E-state index is -0.937. The number of benzene rings is 2. The molecule has 1 N–H and O–H groups in total. The van der Waals surface area contributed by atoms with Crippen molar-refractivity contribution in [3.8, 4) is 11.5 Å². The van der Waals surface area contributed by atoms with Crippen LogP contribution in [0.25, 0.3) is 0 Å². The maximum absolute atomic E-state index is 10.5. The third kappa shape index (κ3) is 3.99. The number of rotatable bonds is 5. The molecule has 0 radical (unpaired) electrons. The van der Waals surface area contributed by atoms with Crippen LogP contribution in [0.15, 0.2) is 66.7 Å². The Balaban J connectivity index is 2.13. The van der Waals surface area contributed by atoms with Gasteiger partial charge in [0.05, 0.1) is 0 Å². The molecule has 1 unspecified atom stereocenters. The quantitative estimate of drug-likeness (QED) is 0.826. The highest BCUT2D eigenvalue weighted by molar-refractivity contribution is 5.79. The van der Waals surface area contributed by atoms with Crippen molar-refractivity contribution in [2.45, 2.75) is 12.8 Å². The summed E-state index contributed by atoms with van der Waals surface area (Å²) < 4.78 is 5.75. The molecule has 0 aliphatic carbocycles. The molecule has 0 saturated carbocycles. The van der Waals surface area contributed by atoms with E-state index in [-0.39, 0.29) is 5.92 Å². The summed E-state index contributed by atoms with van der Waals surface area (Å²) in [5, 5.41) is 8.65. The monoisotopic (exact) mass is 268 g/mol. The Morgan fingerprint density at radius 1 is 1.10 bits per heavy atom. The molecular formula is C17H16O3. The van der Waals surface area contributed by atoms with Crippen molar-refractivity contribution in [2.75, 3.05) is 0 Å². The summed E-state index contributed by atoms with van der Waals surface area (Å²) in [5.41, 5.74) is 1.01. The van der Waals surface area contributed by atoms with E-state index < -0.39 is 5.97 Å². The van der Waals surface area contributed by atoms with E-state index in [9.17, 15) is 4.79 Å². The number of carbonyl (C=O) groups is 1. The van der Waals surface area contributed by atoms with E-state index in [0.717, 1.165) is 23.1 Å². The van der Waals surface area contributed by atoms with Gasteiger partial charge in [-0.3, -0.25) is 0 Å². The van der Waals surface area contributed by atoms with Crippen LogP contribution in [0.2, 0.25) is 0 Å². The first-order valence-electron chi connectivity index (χ1n) is 6.39. The second kappa shape index (κ2) is 6.57. The molecule has 0 saturated heterocycles. The maximum atomic E-state index is 10.5. The van der Waals surface area contributed by atoms with Gasteiger partial charge < -0.3 is 9.84 Å². The molecule has 0 fully saturated rings. The highest BCUT2D eigenvalue weighted by Crippen LogP contribution is 2.25. The van der Waals surface area contributed by atoms with E-state index in [4.69, 9.17) is 9.84 Å². The van der Waals surface area contributed by atoms with Crippen LogP contribution in [0.4, 0.5) is 0 Å². The molecule has 0 aliphatic heterocycles. The summed E-state index contributed by atoms with van der Waals surface area (Å²) in [4.78, 5) is 10.5. The lowest BCUT2D eigenvalue weighted by atomic mass is 10.0. The molecule has 20 heavy (non-hydrogen) atoms. The topological polar surface area (TPSA) is 46.5 Å². The highest BCUT2D eigenvalue weighted by Gasteiger charge is 2.04. The fourth-order valence-electron chi connectivity index (χ4n) is 1.82. The molecule has 2 rings (SSSR count). The lowest BCUT2D eigenvalue weighted by Gasteiger charge is -2.10. The molecule has 0 aliphatic rings. The second-order valence-electron chi connectivity index (χ2n) is 4.47. The third-order valence-corrected chi connectivity index (χ3v) is 2.89. The molecule has 3 heteroatoms. The van der Waals surface area contributed by atoms with E-state index in [0.29, 0.717) is 0 Å². The SMILES string of the molecule is CC(/C=C/C(=O)O)c1cccc(Oc2ccccc2)c1. The van der Waals surface area contributed by atoms with Gasteiger partial charge in [0.15, 0.2) is 0 Å². The molecule has 1 atom stereocenters. The van der Waals surface area contributed by atoms with E-state index >= 15 is 0 Å². The van der Waals surface area contributed by atoms with Crippen molar-refractivity contribution >= 4 is 5.97 Å². The van der Waals surface area contributed by atoms with Crippen LogP contribution in [-0.2, 0) is 4.79 Å². The molecular weight excluding hydrogens is 252 g/mol. The molecule has 0 amide bonds. The van der Waals surface area contributed by atoms with Crippen LogP contribution in [0.5, 0.6) is 11.5 Å². The average Bonchev–Trinajstić information content (AvgIpc) is 2.46. The highest BCUT2D eigenvalue weighted by atomic mass is 16.5.